The first-order valence-corrected chi connectivity index (χ1v) is 14.1. The first-order chi connectivity index (χ1) is 17.1. The molecular weight excluding hydrogens is 498 g/mol. The van der Waals surface area contributed by atoms with Crippen molar-refractivity contribution in [2.45, 2.75) is 39.3 Å². The second-order valence-electron chi connectivity index (χ2n) is 8.70. The molecule has 0 spiro atoms. The van der Waals surface area contributed by atoms with Crippen LogP contribution in [0.25, 0.3) is 10.8 Å². The number of nitrogens with zero attached hydrogens (tertiary/aromatic N) is 2. The molecule has 3 rings (SSSR count). The van der Waals surface area contributed by atoms with Crippen LogP contribution in [-0.2, 0) is 26.2 Å². The first-order valence-electron chi connectivity index (χ1n) is 11.9. The molecule has 0 radical (unpaired) electrons. The summed E-state index contributed by atoms with van der Waals surface area (Å²) in [7, 11) is -3.82. The number of amides is 2. The summed E-state index contributed by atoms with van der Waals surface area (Å²) in [6.07, 6.45) is 2.81. The molecule has 0 fully saturated rings. The fourth-order valence-corrected chi connectivity index (χ4v) is 5.01. The average Bonchev–Trinajstić information content (AvgIpc) is 2.85. The summed E-state index contributed by atoms with van der Waals surface area (Å²) in [6.45, 7) is 3.77. The molecule has 1 atom stereocenters. The number of carbonyl (C=O) groups excluding carboxylic acids is 2. The van der Waals surface area contributed by atoms with E-state index in [4.69, 9.17) is 11.6 Å². The highest BCUT2D eigenvalue weighted by atomic mass is 35.5. The van der Waals surface area contributed by atoms with Crippen molar-refractivity contribution in [1.82, 2.24) is 10.2 Å². The number of benzene rings is 3. The molecule has 2 amide bonds. The van der Waals surface area contributed by atoms with Crippen molar-refractivity contribution in [3.05, 3.63) is 77.3 Å². The van der Waals surface area contributed by atoms with E-state index in [9.17, 15) is 18.0 Å². The van der Waals surface area contributed by atoms with Crippen molar-refractivity contribution in [2.75, 3.05) is 23.7 Å². The van der Waals surface area contributed by atoms with E-state index in [1.54, 1.807) is 43.3 Å². The van der Waals surface area contributed by atoms with Gasteiger partial charge in [0.25, 0.3) is 0 Å². The minimum Gasteiger partial charge on any atom is -0.354 e. The number of rotatable bonds is 11. The molecule has 1 N–H and O–H groups in total. The summed E-state index contributed by atoms with van der Waals surface area (Å²) in [5.41, 5.74) is 1.07. The molecule has 0 saturated heterocycles. The van der Waals surface area contributed by atoms with Crippen LogP contribution in [0.4, 0.5) is 5.69 Å². The summed E-state index contributed by atoms with van der Waals surface area (Å²) in [5.74, 6) is -0.814. The lowest BCUT2D eigenvalue weighted by Gasteiger charge is -2.32. The van der Waals surface area contributed by atoms with Gasteiger partial charge in [-0.25, -0.2) is 8.42 Å². The standard InChI is InChI=1S/C27H32ClN3O4S/c1-4-5-17-29-27(33)20(2)30(18-22-12-7-9-15-24(22)28)26(32)19-31(36(3,34)35)25-16-10-13-21-11-6-8-14-23(21)25/h6-16,20H,4-5,17-19H2,1-3H3,(H,29,33)/t20-/m0/s1. The maximum Gasteiger partial charge on any atom is 0.244 e. The second-order valence-corrected chi connectivity index (χ2v) is 11.0. The Hall–Kier alpha value is -3.10. The van der Waals surface area contributed by atoms with Crippen molar-refractivity contribution in [3.8, 4) is 0 Å². The lowest BCUT2D eigenvalue weighted by atomic mass is 10.1. The second kappa shape index (κ2) is 12.2. The van der Waals surface area contributed by atoms with Gasteiger partial charge in [0.1, 0.15) is 12.6 Å². The normalized spacial score (nSPS) is 12.2. The summed E-state index contributed by atoms with van der Waals surface area (Å²) < 4.78 is 26.9. The van der Waals surface area contributed by atoms with Crippen LogP contribution in [0.1, 0.15) is 32.3 Å². The maximum atomic E-state index is 13.7. The molecule has 0 aromatic heterocycles. The zero-order chi connectivity index (χ0) is 26.3. The van der Waals surface area contributed by atoms with Gasteiger partial charge >= 0.3 is 0 Å². The van der Waals surface area contributed by atoms with E-state index in [1.165, 1.54) is 4.90 Å². The monoisotopic (exact) mass is 529 g/mol. The van der Waals surface area contributed by atoms with Crippen LogP contribution in [0.2, 0.25) is 5.02 Å². The number of hydrogen-bond donors (Lipinski definition) is 1. The Morgan fingerprint density at radius 2 is 1.67 bits per heavy atom. The van der Waals surface area contributed by atoms with Crippen LogP contribution in [0, 0.1) is 0 Å². The number of anilines is 1. The largest absolute Gasteiger partial charge is 0.354 e. The van der Waals surface area contributed by atoms with Crippen LogP contribution in [-0.4, -0.2) is 50.5 Å². The van der Waals surface area contributed by atoms with Crippen LogP contribution in [0.3, 0.4) is 0 Å². The Morgan fingerprint density at radius 3 is 2.36 bits per heavy atom. The Morgan fingerprint density at radius 1 is 1.00 bits per heavy atom. The number of sulfonamides is 1. The van der Waals surface area contributed by atoms with E-state index in [2.05, 4.69) is 5.32 Å². The predicted molar refractivity (Wildman–Crippen MR) is 146 cm³/mol. The van der Waals surface area contributed by atoms with Crippen molar-refractivity contribution >= 4 is 49.9 Å². The topological polar surface area (TPSA) is 86.8 Å². The number of carbonyl (C=O) groups is 2. The van der Waals surface area contributed by atoms with E-state index < -0.39 is 28.5 Å². The van der Waals surface area contributed by atoms with Gasteiger partial charge in [-0.15, -0.1) is 0 Å². The highest BCUT2D eigenvalue weighted by Gasteiger charge is 2.30. The molecule has 0 bridgehead atoms. The van der Waals surface area contributed by atoms with Gasteiger partial charge in [0.05, 0.1) is 11.9 Å². The highest BCUT2D eigenvalue weighted by molar-refractivity contribution is 7.92. The third kappa shape index (κ3) is 6.77. The Kier molecular flexibility index (Phi) is 9.34. The molecule has 0 unspecified atom stereocenters. The van der Waals surface area contributed by atoms with E-state index in [0.29, 0.717) is 28.2 Å². The summed E-state index contributed by atoms with van der Waals surface area (Å²) >= 11 is 6.35. The lowest BCUT2D eigenvalue weighted by molar-refractivity contribution is -0.139. The number of hydrogen-bond acceptors (Lipinski definition) is 4. The molecule has 3 aromatic rings. The van der Waals surface area contributed by atoms with Gasteiger partial charge in [-0.3, -0.25) is 13.9 Å². The quantitative estimate of drug-likeness (QED) is 0.368. The van der Waals surface area contributed by atoms with Crippen LogP contribution in [0.5, 0.6) is 0 Å². The van der Waals surface area contributed by atoms with E-state index in [1.807, 2.05) is 37.3 Å². The zero-order valence-corrected chi connectivity index (χ0v) is 22.3. The summed E-state index contributed by atoms with van der Waals surface area (Å²) in [4.78, 5) is 28.0. The molecule has 192 valence electrons. The molecule has 3 aromatic carbocycles. The Bertz CT molecular complexity index is 1320. The molecule has 0 heterocycles. The predicted octanol–water partition coefficient (Wildman–Crippen LogP) is 4.59. The highest BCUT2D eigenvalue weighted by Crippen LogP contribution is 2.29. The minimum atomic E-state index is -3.82. The molecule has 9 heteroatoms. The third-order valence-corrected chi connectivity index (χ3v) is 7.51. The van der Waals surface area contributed by atoms with E-state index in [0.717, 1.165) is 28.8 Å². The Balaban J connectivity index is 1.97. The molecule has 0 aliphatic carbocycles. The van der Waals surface area contributed by atoms with Gasteiger partial charge in [-0.1, -0.05) is 79.5 Å². The first kappa shape index (κ1) is 27.5. The number of unbranched alkanes of at least 4 members (excludes halogenated alkanes) is 1. The SMILES string of the molecule is CCCCNC(=O)[C@H](C)N(Cc1ccccc1Cl)C(=O)CN(c1cccc2ccccc12)S(C)(=O)=O. The zero-order valence-electron chi connectivity index (χ0n) is 20.8. The van der Waals surface area contributed by atoms with Crippen LogP contribution < -0.4 is 9.62 Å². The van der Waals surface area contributed by atoms with Gasteiger partial charge in [-0.05, 0) is 36.4 Å². The van der Waals surface area contributed by atoms with Gasteiger partial charge in [-0.2, -0.15) is 0 Å². The Labute approximate surface area is 218 Å². The van der Waals surface area contributed by atoms with Crippen LogP contribution >= 0.6 is 11.6 Å². The molecule has 0 aliphatic heterocycles. The average molecular weight is 530 g/mol. The number of halogens is 1. The lowest BCUT2D eigenvalue weighted by Crippen LogP contribution is -2.51. The number of fused-ring (bicyclic) bond motifs is 1. The molecule has 36 heavy (non-hydrogen) atoms. The minimum absolute atomic E-state index is 0.0635. The molecule has 0 aliphatic rings. The van der Waals surface area contributed by atoms with Crippen molar-refractivity contribution in [1.29, 1.82) is 0 Å². The van der Waals surface area contributed by atoms with Gasteiger partial charge in [0, 0.05) is 23.5 Å². The van der Waals surface area contributed by atoms with Crippen molar-refractivity contribution in [3.63, 3.8) is 0 Å². The van der Waals surface area contributed by atoms with Gasteiger partial charge in [0.15, 0.2) is 0 Å². The third-order valence-electron chi connectivity index (χ3n) is 6.01. The van der Waals surface area contributed by atoms with Gasteiger partial charge in [0.2, 0.25) is 21.8 Å². The van der Waals surface area contributed by atoms with Crippen molar-refractivity contribution in [2.24, 2.45) is 0 Å². The molecule has 0 saturated carbocycles. The van der Waals surface area contributed by atoms with E-state index >= 15 is 0 Å². The smallest absolute Gasteiger partial charge is 0.244 e. The summed E-state index contributed by atoms with van der Waals surface area (Å²) in [5, 5.41) is 4.89. The maximum absolute atomic E-state index is 13.7. The molecule has 7 nitrogen and oxygen atoms in total. The number of nitrogens with one attached hydrogen (secondary N) is 1. The fraction of sp³-hybridized carbons (Fsp3) is 0.333. The van der Waals surface area contributed by atoms with Gasteiger partial charge < -0.3 is 10.2 Å². The fourth-order valence-electron chi connectivity index (χ4n) is 3.95. The van der Waals surface area contributed by atoms with Crippen LogP contribution in [0.15, 0.2) is 66.7 Å². The van der Waals surface area contributed by atoms with Crippen molar-refractivity contribution < 1.29 is 18.0 Å². The molecular formula is C27H32ClN3O4S. The summed E-state index contributed by atoms with van der Waals surface area (Å²) in [6, 6.07) is 18.9. The van der Waals surface area contributed by atoms with E-state index in [-0.39, 0.29) is 12.5 Å².